The number of carbonyl (C=O) groups excluding carboxylic acids is 3. The number of aliphatic hydroxyl groups is 2. The lowest BCUT2D eigenvalue weighted by atomic mass is 10.0. The molecule has 12 nitrogen and oxygen atoms in total. The van der Waals surface area contributed by atoms with E-state index in [4.69, 9.17) is 10.8 Å². The summed E-state index contributed by atoms with van der Waals surface area (Å²) >= 11 is 1.42. The molecule has 1 heterocycles. The number of nitrogens with two attached hydrogens (primary N) is 1. The highest BCUT2D eigenvalue weighted by Gasteiger charge is 2.30. The summed E-state index contributed by atoms with van der Waals surface area (Å²) in [6, 6.07) is 2.30. The number of hydrogen-bond donors (Lipinski definition) is 8. The van der Waals surface area contributed by atoms with Crippen LogP contribution >= 0.6 is 11.8 Å². The van der Waals surface area contributed by atoms with Gasteiger partial charge in [-0.15, -0.1) is 0 Å². The zero-order valence-corrected chi connectivity index (χ0v) is 20.0. The van der Waals surface area contributed by atoms with E-state index in [0.717, 1.165) is 10.9 Å². The molecule has 0 saturated carbocycles. The van der Waals surface area contributed by atoms with Crippen molar-refractivity contribution in [1.29, 1.82) is 0 Å². The smallest absolute Gasteiger partial charge is 0.326 e. The Kier molecular flexibility index (Phi) is 11.0. The number of carboxylic acid groups (broad SMARTS) is 1. The van der Waals surface area contributed by atoms with Gasteiger partial charge in [-0.25, -0.2) is 4.79 Å². The van der Waals surface area contributed by atoms with E-state index < -0.39 is 61.1 Å². The number of rotatable bonds is 14. The first-order valence-electron chi connectivity index (χ1n) is 10.9. The van der Waals surface area contributed by atoms with Crippen LogP contribution in [0.5, 0.6) is 0 Å². The van der Waals surface area contributed by atoms with Crippen LogP contribution in [-0.4, -0.2) is 93.4 Å². The summed E-state index contributed by atoms with van der Waals surface area (Å²) in [6.07, 6.45) is 3.69. The van der Waals surface area contributed by atoms with E-state index in [-0.39, 0.29) is 12.8 Å². The van der Waals surface area contributed by atoms with E-state index >= 15 is 0 Å². The van der Waals surface area contributed by atoms with Crippen LogP contribution in [0.2, 0.25) is 0 Å². The maximum Gasteiger partial charge on any atom is 0.326 e. The predicted molar refractivity (Wildman–Crippen MR) is 131 cm³/mol. The van der Waals surface area contributed by atoms with Crippen molar-refractivity contribution in [2.45, 2.75) is 37.0 Å². The highest BCUT2D eigenvalue weighted by molar-refractivity contribution is 7.98. The molecule has 0 aliphatic carbocycles. The van der Waals surface area contributed by atoms with E-state index in [1.807, 2.05) is 24.3 Å². The first kappa shape index (κ1) is 28.1. The van der Waals surface area contributed by atoms with Crippen molar-refractivity contribution in [3.8, 4) is 0 Å². The number of aromatic amines is 1. The summed E-state index contributed by atoms with van der Waals surface area (Å²) in [6.45, 7) is -1.43. The molecule has 2 aromatic rings. The van der Waals surface area contributed by atoms with Gasteiger partial charge in [0.15, 0.2) is 0 Å². The number of para-hydroxylation sites is 1. The fourth-order valence-electron chi connectivity index (χ4n) is 3.33. The largest absolute Gasteiger partial charge is 0.480 e. The molecule has 2 rings (SSSR count). The van der Waals surface area contributed by atoms with E-state index in [1.54, 1.807) is 12.5 Å². The Balaban J connectivity index is 2.12. The summed E-state index contributed by atoms with van der Waals surface area (Å²) in [7, 11) is 0. The molecule has 9 N–H and O–H groups in total. The maximum atomic E-state index is 13.0. The molecule has 4 unspecified atom stereocenters. The van der Waals surface area contributed by atoms with Gasteiger partial charge in [-0.2, -0.15) is 11.8 Å². The number of fused-ring (bicyclic) bond motifs is 1. The van der Waals surface area contributed by atoms with Gasteiger partial charge in [-0.05, 0) is 30.1 Å². The fraction of sp³-hybridized carbons (Fsp3) is 0.455. The van der Waals surface area contributed by atoms with Gasteiger partial charge < -0.3 is 42.0 Å². The number of nitrogens with one attached hydrogen (secondary N) is 4. The van der Waals surface area contributed by atoms with Gasteiger partial charge in [0.2, 0.25) is 17.7 Å². The number of aliphatic carboxylic acids is 1. The van der Waals surface area contributed by atoms with Crippen molar-refractivity contribution < 1.29 is 34.5 Å². The molecule has 35 heavy (non-hydrogen) atoms. The maximum absolute atomic E-state index is 13.0. The molecule has 4 atom stereocenters. The van der Waals surface area contributed by atoms with Crippen LogP contribution in [0.3, 0.4) is 0 Å². The number of aromatic nitrogens is 1. The monoisotopic (exact) mass is 509 g/mol. The van der Waals surface area contributed by atoms with E-state index in [2.05, 4.69) is 20.9 Å². The minimum Gasteiger partial charge on any atom is -0.480 e. The van der Waals surface area contributed by atoms with Crippen molar-refractivity contribution in [1.82, 2.24) is 20.9 Å². The lowest BCUT2D eigenvalue weighted by molar-refractivity contribution is -0.142. The average Bonchev–Trinajstić information content (AvgIpc) is 3.26. The van der Waals surface area contributed by atoms with Gasteiger partial charge in [-0.1, -0.05) is 18.2 Å². The van der Waals surface area contributed by atoms with Crippen molar-refractivity contribution in [2.24, 2.45) is 5.73 Å². The standard InChI is InChI=1S/C22H31N5O7S/c1-35-7-6-16(25-21(32)18(11-29)27-19(30)14(23)10-28)20(31)26-17(22(33)34)8-12-9-24-15-5-3-2-4-13(12)15/h2-5,9,14,16-18,24,28-29H,6-8,10-11,23H2,1H3,(H,25,32)(H,26,31)(H,27,30)(H,33,34). The number of aliphatic hydroxyl groups excluding tert-OH is 2. The van der Waals surface area contributed by atoms with Crippen molar-refractivity contribution >= 4 is 46.4 Å². The highest BCUT2D eigenvalue weighted by atomic mass is 32.2. The molecule has 3 amide bonds. The van der Waals surface area contributed by atoms with Crippen LogP contribution < -0.4 is 21.7 Å². The van der Waals surface area contributed by atoms with Crippen LogP contribution in [0.15, 0.2) is 30.5 Å². The normalized spacial score (nSPS) is 14.5. The quantitative estimate of drug-likeness (QED) is 0.146. The Bertz CT molecular complexity index is 1030. The molecular weight excluding hydrogens is 478 g/mol. The molecule has 0 aliphatic heterocycles. The Labute approximate surface area is 206 Å². The first-order chi connectivity index (χ1) is 16.7. The average molecular weight is 510 g/mol. The van der Waals surface area contributed by atoms with Gasteiger partial charge in [0, 0.05) is 23.5 Å². The minimum absolute atomic E-state index is 0.0165. The minimum atomic E-state index is -1.41. The molecule has 0 radical (unpaired) electrons. The fourth-order valence-corrected chi connectivity index (χ4v) is 3.80. The molecule has 0 bridgehead atoms. The molecule has 0 fully saturated rings. The second-order valence-electron chi connectivity index (χ2n) is 7.84. The lowest BCUT2D eigenvalue weighted by Crippen LogP contribution is -2.58. The summed E-state index contributed by atoms with van der Waals surface area (Å²) in [5.74, 6) is -3.18. The van der Waals surface area contributed by atoms with Gasteiger partial charge in [0.1, 0.15) is 24.2 Å². The lowest BCUT2D eigenvalue weighted by Gasteiger charge is -2.24. The number of carbonyl (C=O) groups is 4. The number of thioether (sulfide) groups is 1. The van der Waals surface area contributed by atoms with E-state index in [9.17, 15) is 29.4 Å². The number of hydrogen-bond acceptors (Lipinski definition) is 8. The first-order valence-corrected chi connectivity index (χ1v) is 12.3. The highest BCUT2D eigenvalue weighted by Crippen LogP contribution is 2.19. The van der Waals surface area contributed by atoms with E-state index in [1.165, 1.54) is 11.8 Å². The summed E-state index contributed by atoms with van der Waals surface area (Å²) in [5.41, 5.74) is 6.95. The van der Waals surface area contributed by atoms with Crippen LogP contribution in [0.1, 0.15) is 12.0 Å². The molecular formula is C22H31N5O7S. The van der Waals surface area contributed by atoms with Gasteiger partial charge in [0.05, 0.1) is 13.2 Å². The Hall–Kier alpha value is -3.13. The third-order valence-electron chi connectivity index (χ3n) is 5.31. The third-order valence-corrected chi connectivity index (χ3v) is 5.95. The molecule has 1 aromatic heterocycles. The summed E-state index contributed by atoms with van der Waals surface area (Å²) in [4.78, 5) is 52.4. The Morgan fingerprint density at radius 1 is 0.971 bits per heavy atom. The second-order valence-corrected chi connectivity index (χ2v) is 8.82. The summed E-state index contributed by atoms with van der Waals surface area (Å²) in [5, 5.41) is 36.2. The number of carboxylic acids is 1. The van der Waals surface area contributed by atoms with Gasteiger partial charge in [-0.3, -0.25) is 14.4 Å². The summed E-state index contributed by atoms with van der Waals surface area (Å²) < 4.78 is 0. The molecule has 0 spiro atoms. The molecule has 0 aliphatic rings. The van der Waals surface area contributed by atoms with Crippen LogP contribution in [0.4, 0.5) is 0 Å². The van der Waals surface area contributed by atoms with Gasteiger partial charge >= 0.3 is 5.97 Å². The molecule has 0 saturated heterocycles. The van der Waals surface area contributed by atoms with Crippen molar-refractivity contribution in [3.05, 3.63) is 36.0 Å². The van der Waals surface area contributed by atoms with Crippen LogP contribution in [0.25, 0.3) is 10.9 Å². The Morgan fingerprint density at radius 2 is 1.60 bits per heavy atom. The van der Waals surface area contributed by atoms with Crippen LogP contribution in [-0.2, 0) is 25.6 Å². The SMILES string of the molecule is CSCCC(NC(=O)C(CO)NC(=O)C(N)CO)C(=O)NC(Cc1c[nH]c2ccccc12)C(=O)O. The predicted octanol–water partition coefficient (Wildman–Crippen LogP) is -1.69. The Morgan fingerprint density at radius 3 is 2.23 bits per heavy atom. The molecule has 1 aromatic carbocycles. The zero-order chi connectivity index (χ0) is 26.0. The number of amides is 3. The number of H-pyrrole nitrogens is 1. The van der Waals surface area contributed by atoms with E-state index in [0.29, 0.717) is 11.3 Å². The molecule has 192 valence electrons. The topological polar surface area (TPSA) is 207 Å². The zero-order valence-electron chi connectivity index (χ0n) is 19.2. The third kappa shape index (κ3) is 7.96. The number of benzene rings is 1. The van der Waals surface area contributed by atoms with Crippen molar-refractivity contribution in [3.63, 3.8) is 0 Å². The van der Waals surface area contributed by atoms with Crippen LogP contribution in [0, 0.1) is 0 Å². The van der Waals surface area contributed by atoms with Crippen molar-refractivity contribution in [2.75, 3.05) is 25.2 Å². The second kappa shape index (κ2) is 13.7. The molecule has 13 heteroatoms. The van der Waals surface area contributed by atoms with Gasteiger partial charge in [0.25, 0.3) is 0 Å².